The molecule has 0 bridgehead atoms. The van der Waals surface area contributed by atoms with Crippen LogP contribution in [0.1, 0.15) is 26.7 Å². The molecule has 0 aromatic carbocycles. The number of piperidine rings is 1. The molecule has 0 spiro atoms. The van der Waals surface area contributed by atoms with Crippen molar-refractivity contribution in [1.29, 1.82) is 5.26 Å². The molecule has 0 aromatic rings. The molecule has 1 amide bonds. The number of carbonyl (C=O) groups excluding carboxylic acids is 1. The normalized spacial score (nSPS) is 22.0. The van der Waals surface area contributed by atoms with Gasteiger partial charge in [0, 0.05) is 19.3 Å². The Balaban J connectivity index is 2.88. The largest absolute Gasteiger partial charge is 0.340 e. The first-order chi connectivity index (χ1) is 7.70. The van der Waals surface area contributed by atoms with Gasteiger partial charge >= 0.3 is 0 Å². The van der Waals surface area contributed by atoms with Gasteiger partial charge in [0.15, 0.2) is 9.84 Å². The van der Waals surface area contributed by atoms with Crippen molar-refractivity contribution >= 4 is 15.7 Å². The van der Waals surface area contributed by atoms with Gasteiger partial charge < -0.3 is 4.90 Å². The Labute approximate surface area is 102 Å². The van der Waals surface area contributed by atoms with E-state index in [1.807, 2.05) is 0 Å². The van der Waals surface area contributed by atoms with Crippen LogP contribution < -0.4 is 0 Å². The van der Waals surface area contributed by atoms with Gasteiger partial charge in [0.1, 0.15) is 4.75 Å². The van der Waals surface area contributed by atoms with Gasteiger partial charge in [0.25, 0.3) is 0 Å². The Morgan fingerprint density at radius 1 is 1.47 bits per heavy atom. The highest BCUT2D eigenvalue weighted by molar-refractivity contribution is 7.92. The second kappa shape index (κ2) is 4.65. The summed E-state index contributed by atoms with van der Waals surface area (Å²) in [6.07, 6.45) is 2.60. The lowest BCUT2D eigenvalue weighted by atomic mass is 9.98. The van der Waals surface area contributed by atoms with E-state index in [-0.39, 0.29) is 5.92 Å². The van der Waals surface area contributed by atoms with Gasteiger partial charge in [0.2, 0.25) is 5.91 Å². The Morgan fingerprint density at radius 3 is 2.53 bits per heavy atom. The number of carbonyl (C=O) groups is 1. The second-order valence-corrected chi connectivity index (χ2v) is 7.57. The number of hydrogen-bond acceptors (Lipinski definition) is 4. The van der Waals surface area contributed by atoms with E-state index in [1.165, 1.54) is 18.7 Å². The van der Waals surface area contributed by atoms with Gasteiger partial charge in [-0.1, -0.05) is 0 Å². The molecule has 1 aliphatic heterocycles. The van der Waals surface area contributed by atoms with Crippen molar-refractivity contribution in [3.05, 3.63) is 0 Å². The SMILES string of the molecule is CC(C)(C(=O)N1CCCC(C#N)C1)S(C)(=O)=O. The summed E-state index contributed by atoms with van der Waals surface area (Å²) in [5.41, 5.74) is 0. The summed E-state index contributed by atoms with van der Waals surface area (Å²) in [7, 11) is -3.45. The number of rotatable bonds is 2. The molecule has 0 saturated carbocycles. The van der Waals surface area contributed by atoms with Crippen molar-refractivity contribution < 1.29 is 13.2 Å². The van der Waals surface area contributed by atoms with E-state index in [0.717, 1.165) is 19.1 Å². The molecular weight excluding hydrogens is 240 g/mol. The molecule has 0 N–H and O–H groups in total. The van der Waals surface area contributed by atoms with E-state index in [4.69, 9.17) is 5.26 Å². The predicted octanol–water partition coefficient (Wildman–Crippen LogP) is 0.572. The molecule has 1 heterocycles. The summed E-state index contributed by atoms with van der Waals surface area (Å²) in [5, 5.41) is 8.85. The van der Waals surface area contributed by atoms with E-state index in [0.29, 0.717) is 13.1 Å². The highest BCUT2D eigenvalue weighted by Gasteiger charge is 2.42. The minimum absolute atomic E-state index is 0.178. The quantitative estimate of drug-likeness (QED) is 0.725. The lowest BCUT2D eigenvalue weighted by Crippen LogP contribution is -2.52. The molecule has 1 unspecified atom stereocenters. The monoisotopic (exact) mass is 258 g/mol. The second-order valence-electron chi connectivity index (χ2n) is 5.00. The van der Waals surface area contributed by atoms with E-state index in [2.05, 4.69) is 6.07 Å². The van der Waals surface area contributed by atoms with Gasteiger partial charge in [-0.2, -0.15) is 5.26 Å². The molecule has 1 atom stereocenters. The fraction of sp³-hybridized carbons (Fsp3) is 0.818. The summed E-state index contributed by atoms with van der Waals surface area (Å²) in [6, 6.07) is 2.14. The first kappa shape index (κ1) is 14.0. The number of amides is 1. The lowest BCUT2D eigenvalue weighted by molar-refractivity contribution is -0.134. The molecule has 96 valence electrons. The summed E-state index contributed by atoms with van der Waals surface area (Å²) in [4.78, 5) is 13.7. The maximum Gasteiger partial charge on any atom is 0.243 e. The maximum absolute atomic E-state index is 12.2. The van der Waals surface area contributed by atoms with Gasteiger partial charge in [-0.05, 0) is 26.7 Å². The summed E-state index contributed by atoms with van der Waals surface area (Å²) in [6.45, 7) is 3.71. The Kier molecular flexibility index (Phi) is 3.82. The fourth-order valence-electron chi connectivity index (χ4n) is 1.81. The predicted molar refractivity (Wildman–Crippen MR) is 63.8 cm³/mol. The molecule has 0 radical (unpaired) electrons. The highest BCUT2D eigenvalue weighted by atomic mass is 32.2. The molecule has 0 aliphatic carbocycles. The van der Waals surface area contributed by atoms with Crippen LogP contribution in [0, 0.1) is 17.2 Å². The number of nitriles is 1. The van der Waals surface area contributed by atoms with Crippen LogP contribution in [0.25, 0.3) is 0 Å². The summed E-state index contributed by atoms with van der Waals surface area (Å²) < 4.78 is 21.7. The van der Waals surface area contributed by atoms with Crippen LogP contribution in [0.2, 0.25) is 0 Å². The van der Waals surface area contributed by atoms with E-state index >= 15 is 0 Å². The third kappa shape index (κ3) is 2.78. The van der Waals surface area contributed by atoms with Gasteiger partial charge in [-0.15, -0.1) is 0 Å². The topological polar surface area (TPSA) is 78.2 Å². The molecule has 1 rings (SSSR count). The zero-order valence-electron chi connectivity index (χ0n) is 10.4. The Bertz CT molecular complexity index is 448. The minimum Gasteiger partial charge on any atom is -0.340 e. The molecule has 1 fully saturated rings. The van der Waals surface area contributed by atoms with Crippen LogP contribution in [-0.2, 0) is 14.6 Å². The fourth-order valence-corrected chi connectivity index (χ4v) is 2.25. The van der Waals surface area contributed by atoms with Gasteiger partial charge in [0.05, 0.1) is 12.0 Å². The standard InChI is InChI=1S/C11H18N2O3S/c1-11(2,17(3,15)16)10(14)13-6-4-5-9(7-12)8-13/h9H,4-6,8H2,1-3H3. The average molecular weight is 258 g/mol. The van der Waals surface area contributed by atoms with E-state index in [9.17, 15) is 13.2 Å². The van der Waals surface area contributed by atoms with Crippen molar-refractivity contribution in [3.63, 3.8) is 0 Å². The molecular formula is C11H18N2O3S. The van der Waals surface area contributed by atoms with Crippen molar-refractivity contribution in [3.8, 4) is 6.07 Å². The van der Waals surface area contributed by atoms with Crippen LogP contribution >= 0.6 is 0 Å². The first-order valence-electron chi connectivity index (χ1n) is 5.58. The van der Waals surface area contributed by atoms with Crippen LogP contribution in [0.5, 0.6) is 0 Å². The Morgan fingerprint density at radius 2 is 2.06 bits per heavy atom. The molecule has 1 saturated heterocycles. The van der Waals surface area contributed by atoms with Gasteiger partial charge in [-0.3, -0.25) is 4.79 Å². The van der Waals surface area contributed by atoms with Gasteiger partial charge in [-0.25, -0.2) is 8.42 Å². The van der Waals surface area contributed by atoms with Crippen LogP contribution in [0.3, 0.4) is 0 Å². The number of sulfone groups is 1. The van der Waals surface area contributed by atoms with E-state index < -0.39 is 20.5 Å². The zero-order valence-corrected chi connectivity index (χ0v) is 11.2. The number of nitrogens with zero attached hydrogens (tertiary/aromatic N) is 2. The summed E-state index contributed by atoms with van der Waals surface area (Å²) >= 11 is 0. The highest BCUT2D eigenvalue weighted by Crippen LogP contribution is 2.23. The minimum atomic E-state index is -3.45. The zero-order chi connectivity index (χ0) is 13.3. The molecule has 1 aliphatic rings. The van der Waals surface area contributed by atoms with Crippen molar-refractivity contribution in [2.24, 2.45) is 5.92 Å². The molecule has 17 heavy (non-hydrogen) atoms. The van der Waals surface area contributed by atoms with Crippen molar-refractivity contribution in [1.82, 2.24) is 4.90 Å². The maximum atomic E-state index is 12.2. The average Bonchev–Trinajstić information content (AvgIpc) is 2.26. The van der Waals surface area contributed by atoms with Crippen molar-refractivity contribution in [2.75, 3.05) is 19.3 Å². The Hall–Kier alpha value is -1.09. The van der Waals surface area contributed by atoms with Crippen LogP contribution in [0.15, 0.2) is 0 Å². The first-order valence-corrected chi connectivity index (χ1v) is 7.48. The number of likely N-dealkylation sites (tertiary alicyclic amines) is 1. The smallest absolute Gasteiger partial charge is 0.243 e. The third-order valence-corrected chi connectivity index (χ3v) is 5.36. The lowest BCUT2D eigenvalue weighted by Gasteiger charge is -2.34. The van der Waals surface area contributed by atoms with Crippen LogP contribution in [0.4, 0.5) is 0 Å². The van der Waals surface area contributed by atoms with Crippen molar-refractivity contribution in [2.45, 2.75) is 31.4 Å². The molecule has 6 heteroatoms. The molecule has 0 aromatic heterocycles. The number of hydrogen-bond donors (Lipinski definition) is 0. The van der Waals surface area contributed by atoms with Crippen LogP contribution in [-0.4, -0.2) is 43.3 Å². The summed E-state index contributed by atoms with van der Waals surface area (Å²) in [5.74, 6) is -0.581. The van der Waals surface area contributed by atoms with E-state index in [1.54, 1.807) is 0 Å². The third-order valence-electron chi connectivity index (χ3n) is 3.33. The molecule has 5 nitrogen and oxygen atoms in total.